The topological polar surface area (TPSA) is 95.5 Å². The minimum atomic E-state index is -0.897. The highest BCUT2D eigenvalue weighted by molar-refractivity contribution is 7.84. The van der Waals surface area contributed by atoms with Crippen molar-refractivity contribution in [3.63, 3.8) is 0 Å². The van der Waals surface area contributed by atoms with Crippen LogP contribution in [0.4, 0.5) is 4.79 Å². The predicted octanol–water partition coefficient (Wildman–Crippen LogP) is 1.62. The van der Waals surface area contributed by atoms with Crippen LogP contribution in [0, 0.1) is 0 Å². The van der Waals surface area contributed by atoms with Gasteiger partial charge in [-0.15, -0.1) is 0 Å². The molecule has 0 aromatic rings. The first kappa shape index (κ1) is 17.9. The van der Waals surface area contributed by atoms with Gasteiger partial charge >= 0.3 is 12.0 Å². The van der Waals surface area contributed by atoms with Crippen molar-refractivity contribution in [3.8, 4) is 0 Å². The van der Waals surface area contributed by atoms with E-state index >= 15 is 0 Å². The Morgan fingerprint density at radius 1 is 1.29 bits per heavy atom. The molecule has 2 unspecified atom stereocenters. The van der Waals surface area contributed by atoms with Gasteiger partial charge < -0.3 is 15.7 Å². The average Bonchev–Trinajstić information content (AvgIpc) is 2.38. The molecule has 1 saturated carbocycles. The Balaban J connectivity index is 2.45. The van der Waals surface area contributed by atoms with Crippen molar-refractivity contribution in [3.05, 3.63) is 0 Å². The Hall–Kier alpha value is -1.11. The van der Waals surface area contributed by atoms with Crippen molar-refractivity contribution in [1.82, 2.24) is 10.6 Å². The van der Waals surface area contributed by atoms with Crippen molar-refractivity contribution in [1.29, 1.82) is 0 Å². The van der Waals surface area contributed by atoms with E-state index in [1.165, 1.54) is 0 Å². The van der Waals surface area contributed by atoms with Gasteiger partial charge in [0.05, 0.1) is 12.0 Å². The highest BCUT2D eigenvalue weighted by atomic mass is 32.2. The van der Waals surface area contributed by atoms with E-state index in [1.54, 1.807) is 6.26 Å². The minimum absolute atomic E-state index is 0.0319. The number of hydrogen-bond donors (Lipinski definition) is 3. The number of amides is 2. The van der Waals surface area contributed by atoms with Gasteiger partial charge in [0.25, 0.3) is 0 Å². The Kier molecular flexibility index (Phi) is 7.14. The number of aliphatic carboxylic acids is 1. The molecular formula is C14H26N2O4S. The lowest BCUT2D eigenvalue weighted by atomic mass is 9.79. The third-order valence-corrected chi connectivity index (χ3v) is 5.45. The van der Waals surface area contributed by atoms with Gasteiger partial charge in [0.15, 0.2) is 0 Å². The summed E-state index contributed by atoms with van der Waals surface area (Å²) in [5.74, 6) is -0.882. The van der Waals surface area contributed by atoms with Crippen LogP contribution in [0.5, 0.6) is 0 Å². The molecule has 2 amide bonds. The Labute approximate surface area is 128 Å². The maximum atomic E-state index is 12.0. The average molecular weight is 318 g/mol. The number of carbonyl (C=O) groups is 2. The summed E-state index contributed by atoms with van der Waals surface area (Å²) in [7, 11) is -0.897. The lowest BCUT2D eigenvalue weighted by Crippen LogP contribution is -2.54. The number of carboxylic acid groups (broad SMARTS) is 1. The quantitative estimate of drug-likeness (QED) is 0.664. The van der Waals surface area contributed by atoms with E-state index in [2.05, 4.69) is 10.6 Å². The van der Waals surface area contributed by atoms with Crippen molar-refractivity contribution >= 4 is 22.8 Å². The van der Waals surface area contributed by atoms with Crippen molar-refractivity contribution < 1.29 is 18.9 Å². The summed E-state index contributed by atoms with van der Waals surface area (Å²) in [5.41, 5.74) is -0.618. The van der Waals surface area contributed by atoms with E-state index in [0.29, 0.717) is 25.8 Å². The maximum Gasteiger partial charge on any atom is 0.315 e. The fourth-order valence-corrected chi connectivity index (χ4v) is 3.15. The number of carbonyl (C=O) groups excluding carboxylic acids is 1. The van der Waals surface area contributed by atoms with Crippen LogP contribution in [0.3, 0.4) is 0 Å². The second-order valence-corrected chi connectivity index (χ2v) is 7.69. The first-order chi connectivity index (χ1) is 9.84. The molecule has 1 aliphatic rings. The molecule has 0 aromatic heterocycles. The molecule has 2 atom stereocenters. The van der Waals surface area contributed by atoms with Crippen molar-refractivity contribution in [2.45, 2.75) is 62.7 Å². The summed E-state index contributed by atoms with van der Waals surface area (Å²) >= 11 is 0. The monoisotopic (exact) mass is 318 g/mol. The minimum Gasteiger partial charge on any atom is -0.481 e. The zero-order valence-corrected chi connectivity index (χ0v) is 13.6. The van der Waals surface area contributed by atoms with Crippen LogP contribution in [-0.2, 0) is 15.6 Å². The SMILES string of the molecule is CC(CCNC(=O)NC1(CC(=O)O)CCCCC1)S(C)=O. The van der Waals surface area contributed by atoms with E-state index in [1.807, 2.05) is 6.92 Å². The van der Waals surface area contributed by atoms with E-state index in [-0.39, 0.29) is 17.7 Å². The summed E-state index contributed by atoms with van der Waals surface area (Å²) in [4.78, 5) is 23.0. The fraction of sp³-hybridized carbons (Fsp3) is 0.857. The van der Waals surface area contributed by atoms with Gasteiger partial charge in [0.2, 0.25) is 0 Å². The molecule has 0 aliphatic heterocycles. The van der Waals surface area contributed by atoms with E-state index < -0.39 is 22.3 Å². The van der Waals surface area contributed by atoms with E-state index in [4.69, 9.17) is 5.11 Å². The number of hydrogen-bond acceptors (Lipinski definition) is 3. The molecule has 7 heteroatoms. The molecule has 1 aliphatic carbocycles. The predicted molar refractivity (Wildman–Crippen MR) is 82.7 cm³/mol. The van der Waals surface area contributed by atoms with Gasteiger partial charge in [-0.25, -0.2) is 4.79 Å². The zero-order chi connectivity index (χ0) is 15.9. The van der Waals surface area contributed by atoms with Crippen LogP contribution in [-0.4, -0.2) is 44.9 Å². The summed E-state index contributed by atoms with van der Waals surface area (Å²) in [6, 6.07) is -0.327. The molecule has 0 spiro atoms. The van der Waals surface area contributed by atoms with Crippen LogP contribution < -0.4 is 10.6 Å². The molecule has 1 rings (SSSR count). The molecule has 0 bridgehead atoms. The lowest BCUT2D eigenvalue weighted by molar-refractivity contribution is -0.139. The Morgan fingerprint density at radius 3 is 2.43 bits per heavy atom. The highest BCUT2D eigenvalue weighted by Gasteiger charge is 2.35. The first-order valence-electron chi connectivity index (χ1n) is 7.45. The van der Waals surface area contributed by atoms with Gasteiger partial charge in [-0.05, 0) is 19.3 Å². The van der Waals surface area contributed by atoms with E-state index in [0.717, 1.165) is 19.3 Å². The fourth-order valence-electron chi connectivity index (χ4n) is 2.70. The third kappa shape index (κ3) is 6.46. The van der Waals surface area contributed by atoms with E-state index in [9.17, 15) is 13.8 Å². The van der Waals surface area contributed by atoms with Gasteiger partial charge in [-0.2, -0.15) is 0 Å². The lowest BCUT2D eigenvalue weighted by Gasteiger charge is -2.36. The summed E-state index contributed by atoms with van der Waals surface area (Å²) in [6.45, 7) is 2.32. The standard InChI is InChI=1S/C14H26N2O4S/c1-11(21(2)20)6-9-15-13(19)16-14(10-12(17)18)7-4-3-5-8-14/h11H,3-10H2,1-2H3,(H,17,18)(H2,15,16,19). The molecule has 3 N–H and O–H groups in total. The Morgan fingerprint density at radius 2 is 1.90 bits per heavy atom. The first-order valence-corrected chi connectivity index (χ1v) is 9.07. The van der Waals surface area contributed by atoms with Gasteiger partial charge in [-0.3, -0.25) is 9.00 Å². The molecule has 0 aromatic carbocycles. The van der Waals surface area contributed by atoms with Crippen LogP contribution >= 0.6 is 0 Å². The Bertz CT molecular complexity index is 394. The number of nitrogens with one attached hydrogen (secondary N) is 2. The normalized spacial score (nSPS) is 20.3. The third-order valence-electron chi connectivity index (χ3n) is 4.08. The zero-order valence-electron chi connectivity index (χ0n) is 12.8. The summed E-state index contributed by atoms with van der Waals surface area (Å²) < 4.78 is 11.2. The molecule has 0 radical (unpaired) electrons. The van der Waals surface area contributed by atoms with Gasteiger partial charge in [0.1, 0.15) is 0 Å². The summed E-state index contributed by atoms with van der Waals surface area (Å²) in [5, 5.41) is 14.7. The van der Waals surface area contributed by atoms with Gasteiger partial charge in [0, 0.05) is 28.9 Å². The van der Waals surface area contributed by atoms with Crippen LogP contribution in [0.15, 0.2) is 0 Å². The number of urea groups is 1. The molecule has 122 valence electrons. The van der Waals surface area contributed by atoms with Crippen molar-refractivity contribution in [2.24, 2.45) is 0 Å². The maximum absolute atomic E-state index is 12.0. The second-order valence-electron chi connectivity index (χ2n) is 5.89. The summed E-state index contributed by atoms with van der Waals surface area (Å²) in [6.07, 6.45) is 6.65. The largest absolute Gasteiger partial charge is 0.481 e. The van der Waals surface area contributed by atoms with Gasteiger partial charge in [-0.1, -0.05) is 26.2 Å². The van der Waals surface area contributed by atoms with Crippen LogP contribution in [0.1, 0.15) is 51.9 Å². The number of carboxylic acids is 1. The molecule has 1 fully saturated rings. The second kappa shape index (κ2) is 8.36. The number of rotatable bonds is 7. The molecule has 0 saturated heterocycles. The molecule has 6 nitrogen and oxygen atoms in total. The molecular weight excluding hydrogens is 292 g/mol. The molecule has 0 heterocycles. The van der Waals surface area contributed by atoms with Crippen molar-refractivity contribution in [2.75, 3.05) is 12.8 Å². The highest BCUT2D eigenvalue weighted by Crippen LogP contribution is 2.31. The smallest absolute Gasteiger partial charge is 0.315 e. The van der Waals surface area contributed by atoms with Crippen LogP contribution in [0.25, 0.3) is 0 Å². The van der Waals surface area contributed by atoms with Crippen LogP contribution in [0.2, 0.25) is 0 Å². The molecule has 21 heavy (non-hydrogen) atoms.